The highest BCUT2D eigenvalue weighted by Crippen LogP contribution is 2.20. The summed E-state index contributed by atoms with van der Waals surface area (Å²) in [6.07, 6.45) is 1.80. The number of hydrogen-bond donors (Lipinski definition) is 2. The third-order valence-corrected chi connectivity index (χ3v) is 5.01. The topological polar surface area (TPSA) is 103 Å². The number of hydrogen-bond acceptors (Lipinski definition) is 4. The smallest absolute Gasteiger partial charge is 0.270 e. The molecular weight excluding hydrogens is 378 g/mol. The molecule has 0 aliphatic carbocycles. The standard InChI is InChI=1S/C23H21N5O2/c1-15(16-9-11-19(12-10-16)28-14-21(23(24)30)26-27-28)25-22(29)13-18-7-4-6-17-5-2-3-8-20(17)18/h2-12,14-15H,13H2,1H3,(H2,24,30)(H,25,29). The minimum absolute atomic E-state index is 0.0368. The minimum atomic E-state index is -0.625. The maximum atomic E-state index is 12.6. The van der Waals surface area contributed by atoms with Crippen LogP contribution in [0.2, 0.25) is 0 Å². The van der Waals surface area contributed by atoms with Crippen molar-refractivity contribution < 1.29 is 9.59 Å². The molecule has 4 rings (SSSR count). The normalized spacial score (nSPS) is 11.9. The van der Waals surface area contributed by atoms with Gasteiger partial charge in [0.1, 0.15) is 0 Å². The lowest BCUT2D eigenvalue weighted by Gasteiger charge is -2.15. The molecule has 0 aliphatic rings. The van der Waals surface area contributed by atoms with Crippen LogP contribution >= 0.6 is 0 Å². The molecule has 0 saturated heterocycles. The molecule has 150 valence electrons. The number of amides is 2. The van der Waals surface area contributed by atoms with E-state index in [1.807, 2.05) is 73.7 Å². The number of fused-ring (bicyclic) bond motifs is 1. The zero-order valence-electron chi connectivity index (χ0n) is 16.4. The molecule has 7 heteroatoms. The number of carbonyl (C=O) groups excluding carboxylic acids is 2. The Bertz CT molecular complexity index is 1210. The molecule has 3 aromatic carbocycles. The number of aromatic nitrogens is 3. The first-order valence-electron chi connectivity index (χ1n) is 9.60. The van der Waals surface area contributed by atoms with Crippen LogP contribution in [0.15, 0.2) is 72.9 Å². The predicted molar refractivity (Wildman–Crippen MR) is 114 cm³/mol. The van der Waals surface area contributed by atoms with E-state index >= 15 is 0 Å². The summed E-state index contributed by atoms with van der Waals surface area (Å²) < 4.78 is 1.48. The molecule has 3 N–H and O–H groups in total. The van der Waals surface area contributed by atoms with Crippen LogP contribution < -0.4 is 11.1 Å². The van der Waals surface area contributed by atoms with Crippen molar-refractivity contribution in [3.8, 4) is 5.69 Å². The second kappa shape index (κ2) is 8.16. The van der Waals surface area contributed by atoms with Crippen molar-refractivity contribution in [2.45, 2.75) is 19.4 Å². The summed E-state index contributed by atoms with van der Waals surface area (Å²) in [5.74, 6) is -0.661. The van der Waals surface area contributed by atoms with Crippen LogP contribution in [0.5, 0.6) is 0 Å². The van der Waals surface area contributed by atoms with Crippen molar-refractivity contribution in [2.75, 3.05) is 0 Å². The van der Waals surface area contributed by atoms with Gasteiger partial charge in [0.25, 0.3) is 5.91 Å². The second-order valence-electron chi connectivity index (χ2n) is 7.11. The third-order valence-electron chi connectivity index (χ3n) is 5.01. The summed E-state index contributed by atoms with van der Waals surface area (Å²) in [4.78, 5) is 23.8. The Kier molecular flexibility index (Phi) is 5.26. The van der Waals surface area contributed by atoms with Gasteiger partial charge in [-0.15, -0.1) is 5.10 Å². The quantitative estimate of drug-likeness (QED) is 0.520. The van der Waals surface area contributed by atoms with Crippen LogP contribution in [-0.4, -0.2) is 26.8 Å². The van der Waals surface area contributed by atoms with Gasteiger partial charge in [-0.1, -0.05) is 59.8 Å². The zero-order valence-corrected chi connectivity index (χ0v) is 16.4. The van der Waals surface area contributed by atoms with Gasteiger partial charge in [0.05, 0.1) is 24.3 Å². The molecule has 1 unspecified atom stereocenters. The summed E-state index contributed by atoms with van der Waals surface area (Å²) >= 11 is 0. The summed E-state index contributed by atoms with van der Waals surface area (Å²) in [6.45, 7) is 1.94. The van der Waals surface area contributed by atoms with Crippen molar-refractivity contribution in [2.24, 2.45) is 5.73 Å². The molecule has 4 aromatic rings. The van der Waals surface area contributed by atoms with Crippen LogP contribution in [0.4, 0.5) is 0 Å². The number of carbonyl (C=O) groups is 2. The van der Waals surface area contributed by atoms with Crippen LogP contribution in [0.1, 0.15) is 34.6 Å². The van der Waals surface area contributed by atoms with E-state index in [4.69, 9.17) is 5.73 Å². The molecule has 30 heavy (non-hydrogen) atoms. The first kappa shape index (κ1) is 19.3. The molecule has 2 amide bonds. The molecule has 0 radical (unpaired) electrons. The van der Waals surface area contributed by atoms with E-state index in [-0.39, 0.29) is 17.6 Å². The molecule has 0 spiro atoms. The van der Waals surface area contributed by atoms with Crippen molar-refractivity contribution >= 4 is 22.6 Å². The lowest BCUT2D eigenvalue weighted by Crippen LogP contribution is -2.28. The van der Waals surface area contributed by atoms with Gasteiger partial charge >= 0.3 is 0 Å². The SMILES string of the molecule is CC(NC(=O)Cc1cccc2ccccc12)c1ccc(-n2cc(C(N)=O)nn2)cc1. The van der Waals surface area contributed by atoms with E-state index in [1.165, 1.54) is 10.9 Å². The van der Waals surface area contributed by atoms with Gasteiger partial charge in [-0.25, -0.2) is 4.68 Å². The van der Waals surface area contributed by atoms with Crippen LogP contribution in [0.25, 0.3) is 16.5 Å². The van der Waals surface area contributed by atoms with E-state index in [0.717, 1.165) is 27.6 Å². The molecule has 1 aromatic heterocycles. The lowest BCUT2D eigenvalue weighted by atomic mass is 10.0. The van der Waals surface area contributed by atoms with Gasteiger partial charge in [0, 0.05) is 0 Å². The summed E-state index contributed by atoms with van der Waals surface area (Å²) in [5.41, 5.74) is 8.02. The Morgan fingerprint density at radius 2 is 1.77 bits per heavy atom. The van der Waals surface area contributed by atoms with E-state index < -0.39 is 5.91 Å². The monoisotopic (exact) mass is 399 g/mol. The van der Waals surface area contributed by atoms with E-state index in [9.17, 15) is 9.59 Å². The lowest BCUT2D eigenvalue weighted by molar-refractivity contribution is -0.121. The molecule has 1 heterocycles. The third kappa shape index (κ3) is 4.05. The van der Waals surface area contributed by atoms with Gasteiger partial charge in [-0.05, 0) is 41.0 Å². The number of rotatable bonds is 6. The van der Waals surface area contributed by atoms with Gasteiger partial charge in [0.15, 0.2) is 5.69 Å². The fourth-order valence-corrected chi connectivity index (χ4v) is 3.41. The Morgan fingerprint density at radius 3 is 2.50 bits per heavy atom. The van der Waals surface area contributed by atoms with Gasteiger partial charge < -0.3 is 11.1 Å². The van der Waals surface area contributed by atoms with E-state index in [1.54, 1.807) is 0 Å². The fourth-order valence-electron chi connectivity index (χ4n) is 3.41. The number of nitrogens with one attached hydrogen (secondary N) is 1. The van der Waals surface area contributed by atoms with E-state index in [2.05, 4.69) is 15.6 Å². The summed E-state index contributed by atoms with van der Waals surface area (Å²) in [7, 11) is 0. The largest absolute Gasteiger partial charge is 0.364 e. The first-order valence-corrected chi connectivity index (χ1v) is 9.60. The predicted octanol–water partition coefficient (Wildman–Crippen LogP) is 2.94. The van der Waals surface area contributed by atoms with Gasteiger partial charge in [-0.2, -0.15) is 0 Å². The molecular formula is C23H21N5O2. The molecule has 0 saturated carbocycles. The molecule has 0 aliphatic heterocycles. The highest BCUT2D eigenvalue weighted by atomic mass is 16.2. The van der Waals surface area contributed by atoms with Crippen LogP contribution in [-0.2, 0) is 11.2 Å². The highest BCUT2D eigenvalue weighted by Gasteiger charge is 2.13. The van der Waals surface area contributed by atoms with Crippen molar-refractivity contribution in [1.82, 2.24) is 20.3 Å². The number of nitrogens with two attached hydrogens (primary N) is 1. The Balaban J connectivity index is 1.43. The van der Waals surface area contributed by atoms with Gasteiger partial charge in [0.2, 0.25) is 5.91 Å². The van der Waals surface area contributed by atoms with E-state index in [0.29, 0.717) is 6.42 Å². The van der Waals surface area contributed by atoms with Crippen molar-refractivity contribution in [1.29, 1.82) is 0 Å². The van der Waals surface area contributed by atoms with Crippen LogP contribution in [0.3, 0.4) is 0 Å². The Labute approximate surface area is 173 Å². The molecule has 0 bridgehead atoms. The zero-order chi connectivity index (χ0) is 21.1. The summed E-state index contributed by atoms with van der Waals surface area (Å²) in [6, 6.07) is 21.4. The number of benzene rings is 3. The molecule has 7 nitrogen and oxygen atoms in total. The van der Waals surface area contributed by atoms with Crippen molar-refractivity contribution in [3.63, 3.8) is 0 Å². The molecule has 1 atom stereocenters. The first-order chi connectivity index (χ1) is 14.5. The maximum Gasteiger partial charge on any atom is 0.270 e. The number of nitrogens with zero attached hydrogens (tertiary/aromatic N) is 3. The summed E-state index contributed by atoms with van der Waals surface area (Å²) in [5, 5.41) is 12.9. The number of primary amides is 1. The fraction of sp³-hybridized carbons (Fsp3) is 0.130. The van der Waals surface area contributed by atoms with Crippen molar-refractivity contribution in [3.05, 3.63) is 89.7 Å². The maximum absolute atomic E-state index is 12.6. The van der Waals surface area contributed by atoms with Gasteiger partial charge in [-0.3, -0.25) is 9.59 Å². The second-order valence-corrected chi connectivity index (χ2v) is 7.11. The minimum Gasteiger partial charge on any atom is -0.364 e. The Morgan fingerprint density at radius 1 is 1.03 bits per heavy atom. The average Bonchev–Trinajstić information content (AvgIpc) is 3.25. The average molecular weight is 399 g/mol. The van der Waals surface area contributed by atoms with Crippen LogP contribution in [0, 0.1) is 0 Å². The Hall–Kier alpha value is -4.00. The highest BCUT2D eigenvalue weighted by molar-refractivity contribution is 5.91. The molecule has 0 fully saturated rings.